The summed E-state index contributed by atoms with van der Waals surface area (Å²) in [7, 11) is 0. The molecule has 0 aromatic heterocycles. The number of hydrogen-bond acceptors (Lipinski definition) is 5. The number of carbonyl (C=O) groups is 2. The number of ether oxygens (including phenoxy) is 2. The first-order valence-electron chi connectivity index (χ1n) is 7.81. The molecule has 1 rings (SSSR count). The third-order valence-corrected chi connectivity index (χ3v) is 3.21. The Bertz CT molecular complexity index is 629. The molecule has 0 unspecified atom stereocenters. The molecule has 0 radical (unpaired) electrons. The van der Waals surface area contributed by atoms with Gasteiger partial charge < -0.3 is 14.8 Å². The number of nitrogens with one attached hydrogen (secondary N) is 1. The van der Waals surface area contributed by atoms with E-state index in [-0.39, 0.29) is 18.2 Å². The highest BCUT2D eigenvalue weighted by molar-refractivity contribution is 6.01. The Kier molecular flexibility index (Phi) is 8.06. The van der Waals surface area contributed by atoms with Gasteiger partial charge in [0.15, 0.2) is 6.61 Å². The van der Waals surface area contributed by atoms with Gasteiger partial charge in [0.1, 0.15) is 17.4 Å². The number of nitriles is 1. The van der Waals surface area contributed by atoms with Crippen LogP contribution >= 0.6 is 0 Å². The summed E-state index contributed by atoms with van der Waals surface area (Å²) in [6, 6.07) is 8.64. The minimum absolute atomic E-state index is 0.00732. The number of rotatable bonds is 8. The number of hydrogen-bond donors (Lipinski definition) is 1. The lowest BCUT2D eigenvalue weighted by atomic mass is 10.1. The van der Waals surface area contributed by atoms with Gasteiger partial charge in [0.25, 0.3) is 5.91 Å². The molecule has 0 saturated carbocycles. The maximum Gasteiger partial charge on any atom is 0.344 e. The first-order chi connectivity index (χ1) is 11.5. The largest absolute Gasteiger partial charge is 0.482 e. The van der Waals surface area contributed by atoms with E-state index in [0.717, 1.165) is 6.42 Å². The lowest BCUT2D eigenvalue weighted by Gasteiger charge is -2.10. The van der Waals surface area contributed by atoms with Crippen LogP contribution in [0.15, 0.2) is 29.8 Å². The van der Waals surface area contributed by atoms with Crippen molar-refractivity contribution in [2.24, 2.45) is 0 Å². The molecule has 6 heteroatoms. The van der Waals surface area contributed by atoms with E-state index in [4.69, 9.17) is 14.7 Å². The van der Waals surface area contributed by atoms with E-state index >= 15 is 0 Å². The van der Waals surface area contributed by atoms with Crippen LogP contribution in [0.1, 0.15) is 32.8 Å². The topological polar surface area (TPSA) is 88.4 Å². The molecule has 0 fully saturated rings. The van der Waals surface area contributed by atoms with Crippen molar-refractivity contribution in [1.82, 2.24) is 5.32 Å². The molecule has 24 heavy (non-hydrogen) atoms. The van der Waals surface area contributed by atoms with Gasteiger partial charge in [-0.05, 0) is 44.0 Å². The molecule has 0 bridgehead atoms. The molecular formula is C18H22N2O4. The summed E-state index contributed by atoms with van der Waals surface area (Å²) >= 11 is 0. The molecule has 1 N–H and O–H groups in total. The van der Waals surface area contributed by atoms with Gasteiger partial charge in [0.05, 0.1) is 6.61 Å². The molecule has 1 atom stereocenters. The molecule has 0 spiro atoms. The zero-order valence-corrected chi connectivity index (χ0v) is 14.2. The van der Waals surface area contributed by atoms with Crippen LogP contribution in [-0.2, 0) is 14.3 Å². The van der Waals surface area contributed by atoms with Gasteiger partial charge in [0, 0.05) is 6.04 Å². The third kappa shape index (κ3) is 6.53. The summed E-state index contributed by atoms with van der Waals surface area (Å²) in [6.45, 7) is 5.70. The highest BCUT2D eigenvalue weighted by atomic mass is 16.6. The lowest BCUT2D eigenvalue weighted by Crippen LogP contribution is -2.32. The highest BCUT2D eigenvalue weighted by Gasteiger charge is 2.11. The Labute approximate surface area is 142 Å². The van der Waals surface area contributed by atoms with E-state index < -0.39 is 11.9 Å². The van der Waals surface area contributed by atoms with E-state index in [1.807, 2.05) is 19.9 Å². The summed E-state index contributed by atoms with van der Waals surface area (Å²) in [4.78, 5) is 23.2. The molecule has 0 heterocycles. The Hall–Kier alpha value is -2.81. The number of benzene rings is 1. The molecule has 6 nitrogen and oxygen atoms in total. The number of carbonyl (C=O) groups excluding carboxylic acids is 2. The van der Waals surface area contributed by atoms with Gasteiger partial charge in [-0.1, -0.05) is 19.1 Å². The van der Waals surface area contributed by atoms with Crippen molar-refractivity contribution in [3.63, 3.8) is 0 Å². The average molecular weight is 330 g/mol. The number of nitrogens with zero attached hydrogens (tertiary/aromatic N) is 1. The second-order valence-electron chi connectivity index (χ2n) is 5.12. The van der Waals surface area contributed by atoms with Crippen LogP contribution in [-0.4, -0.2) is 31.1 Å². The van der Waals surface area contributed by atoms with Crippen molar-refractivity contribution in [1.29, 1.82) is 5.26 Å². The summed E-state index contributed by atoms with van der Waals surface area (Å²) in [5.74, 6) is -0.327. The van der Waals surface area contributed by atoms with Gasteiger partial charge in [-0.2, -0.15) is 5.26 Å². The standard InChI is InChI=1S/C18H22N2O4/c1-4-13(3)20-18(22)15(11-19)10-14-6-8-16(9-7-14)24-12-17(21)23-5-2/h6-10,13H,4-5,12H2,1-3H3,(H,20,22)/b15-10+/t13-/m1/s1. The molecule has 0 aliphatic rings. The normalized spacial score (nSPS) is 12.0. The monoisotopic (exact) mass is 330 g/mol. The fraction of sp³-hybridized carbons (Fsp3) is 0.389. The number of amides is 1. The third-order valence-electron chi connectivity index (χ3n) is 3.21. The minimum Gasteiger partial charge on any atom is -0.482 e. The zero-order valence-electron chi connectivity index (χ0n) is 14.2. The maximum atomic E-state index is 12.0. The quantitative estimate of drug-likeness (QED) is 0.449. The van der Waals surface area contributed by atoms with Crippen molar-refractivity contribution >= 4 is 18.0 Å². The molecule has 0 saturated heterocycles. The van der Waals surface area contributed by atoms with Crippen LogP contribution in [0.5, 0.6) is 5.75 Å². The van der Waals surface area contributed by atoms with Crippen LogP contribution in [0.25, 0.3) is 6.08 Å². The Morgan fingerprint density at radius 3 is 2.50 bits per heavy atom. The summed E-state index contributed by atoms with van der Waals surface area (Å²) < 4.78 is 10.0. The Morgan fingerprint density at radius 1 is 1.29 bits per heavy atom. The average Bonchev–Trinajstić information content (AvgIpc) is 2.58. The van der Waals surface area contributed by atoms with Crippen LogP contribution in [0, 0.1) is 11.3 Å². The van der Waals surface area contributed by atoms with E-state index in [2.05, 4.69) is 5.32 Å². The van der Waals surface area contributed by atoms with Crippen LogP contribution in [0.4, 0.5) is 0 Å². The van der Waals surface area contributed by atoms with Crippen LogP contribution in [0.3, 0.4) is 0 Å². The second-order valence-corrected chi connectivity index (χ2v) is 5.12. The first kappa shape index (κ1) is 19.2. The fourth-order valence-corrected chi connectivity index (χ4v) is 1.72. The smallest absolute Gasteiger partial charge is 0.344 e. The lowest BCUT2D eigenvalue weighted by molar-refractivity contribution is -0.145. The van der Waals surface area contributed by atoms with Crippen LogP contribution < -0.4 is 10.1 Å². The highest BCUT2D eigenvalue weighted by Crippen LogP contribution is 2.15. The Morgan fingerprint density at radius 2 is 1.96 bits per heavy atom. The predicted octanol–water partition coefficient (Wildman–Crippen LogP) is 2.45. The fourth-order valence-electron chi connectivity index (χ4n) is 1.72. The van der Waals surface area contributed by atoms with Crippen molar-refractivity contribution in [2.75, 3.05) is 13.2 Å². The minimum atomic E-state index is -0.435. The molecule has 0 aliphatic heterocycles. The molecule has 1 aromatic carbocycles. The summed E-state index contributed by atoms with van der Waals surface area (Å²) in [5, 5.41) is 11.9. The molecule has 128 valence electrons. The van der Waals surface area contributed by atoms with Crippen molar-refractivity contribution < 1.29 is 19.1 Å². The van der Waals surface area contributed by atoms with Gasteiger partial charge in [0.2, 0.25) is 0 Å². The van der Waals surface area contributed by atoms with E-state index in [1.54, 1.807) is 31.2 Å². The van der Waals surface area contributed by atoms with Gasteiger partial charge >= 0.3 is 5.97 Å². The summed E-state index contributed by atoms with van der Waals surface area (Å²) in [6.07, 6.45) is 2.30. The van der Waals surface area contributed by atoms with Gasteiger partial charge in [-0.25, -0.2) is 4.79 Å². The molecular weight excluding hydrogens is 308 g/mol. The van der Waals surface area contributed by atoms with E-state index in [9.17, 15) is 9.59 Å². The van der Waals surface area contributed by atoms with Crippen molar-refractivity contribution in [3.8, 4) is 11.8 Å². The first-order valence-corrected chi connectivity index (χ1v) is 7.81. The number of esters is 1. The summed E-state index contributed by atoms with van der Waals surface area (Å²) in [5.41, 5.74) is 0.727. The molecule has 1 amide bonds. The maximum absolute atomic E-state index is 12.0. The van der Waals surface area contributed by atoms with Crippen LogP contribution in [0.2, 0.25) is 0 Å². The Balaban J connectivity index is 2.71. The predicted molar refractivity (Wildman–Crippen MR) is 90.1 cm³/mol. The zero-order chi connectivity index (χ0) is 17.9. The SMILES string of the molecule is CCOC(=O)COc1ccc(/C=C(\C#N)C(=O)N[C@H](C)CC)cc1. The van der Waals surface area contributed by atoms with Gasteiger partial charge in [-0.15, -0.1) is 0 Å². The van der Waals surface area contributed by atoms with Crippen molar-refractivity contribution in [3.05, 3.63) is 35.4 Å². The van der Waals surface area contributed by atoms with E-state index in [1.165, 1.54) is 6.08 Å². The second kappa shape index (κ2) is 10.1. The van der Waals surface area contributed by atoms with Crippen molar-refractivity contribution in [2.45, 2.75) is 33.2 Å². The molecule has 1 aromatic rings. The van der Waals surface area contributed by atoms with E-state index in [0.29, 0.717) is 17.9 Å². The van der Waals surface area contributed by atoms with Gasteiger partial charge in [-0.3, -0.25) is 4.79 Å². The molecule has 0 aliphatic carbocycles.